The van der Waals surface area contributed by atoms with Gasteiger partial charge in [-0.05, 0) is 38.5 Å². The Hall–Kier alpha value is -1.60. The molecular formula is C13H20N2O4S. The number of hydrogen-bond donors (Lipinski definition) is 1. The minimum atomic E-state index is -4.06. The van der Waals surface area contributed by atoms with E-state index >= 15 is 0 Å². The van der Waals surface area contributed by atoms with Crippen molar-refractivity contribution in [3.63, 3.8) is 0 Å². The third kappa shape index (κ3) is 3.29. The quantitative estimate of drug-likeness (QED) is 0.882. The van der Waals surface area contributed by atoms with Crippen LogP contribution in [0.25, 0.3) is 0 Å². The summed E-state index contributed by atoms with van der Waals surface area (Å²) in [6.07, 6.45) is 0. The Morgan fingerprint density at radius 3 is 2.25 bits per heavy atom. The van der Waals surface area contributed by atoms with Crippen LogP contribution >= 0.6 is 0 Å². The van der Waals surface area contributed by atoms with Crippen LogP contribution in [0.15, 0.2) is 17.0 Å². The average molecular weight is 300 g/mol. The minimum Gasteiger partial charge on any atom is -0.495 e. The number of sulfonamides is 1. The molecular weight excluding hydrogens is 280 g/mol. The number of methoxy groups -OCH3 is 1. The van der Waals surface area contributed by atoms with Gasteiger partial charge in [0.1, 0.15) is 10.6 Å². The smallest absolute Gasteiger partial charge is 0.255 e. The molecule has 0 aliphatic heterocycles. The zero-order valence-corrected chi connectivity index (χ0v) is 13.0. The summed E-state index contributed by atoms with van der Waals surface area (Å²) >= 11 is 0. The van der Waals surface area contributed by atoms with E-state index in [4.69, 9.17) is 9.88 Å². The van der Waals surface area contributed by atoms with Gasteiger partial charge in [0, 0.05) is 13.1 Å². The first-order valence-corrected chi connectivity index (χ1v) is 7.81. The van der Waals surface area contributed by atoms with Crippen molar-refractivity contribution in [2.75, 3.05) is 20.2 Å². The number of rotatable bonds is 5. The van der Waals surface area contributed by atoms with Crippen LogP contribution in [0.1, 0.15) is 29.8 Å². The third-order valence-electron chi connectivity index (χ3n) is 2.98. The molecule has 20 heavy (non-hydrogen) atoms. The molecule has 0 saturated heterocycles. The summed E-state index contributed by atoms with van der Waals surface area (Å²) in [5, 5.41) is 5.23. The molecule has 1 amide bonds. The van der Waals surface area contributed by atoms with Crippen molar-refractivity contribution in [1.82, 2.24) is 4.90 Å². The minimum absolute atomic E-state index is 0.0491. The van der Waals surface area contributed by atoms with E-state index in [-0.39, 0.29) is 22.1 Å². The molecule has 1 rings (SSSR count). The van der Waals surface area contributed by atoms with Crippen molar-refractivity contribution in [2.24, 2.45) is 5.14 Å². The largest absolute Gasteiger partial charge is 0.495 e. The van der Waals surface area contributed by atoms with Crippen molar-refractivity contribution in [3.05, 3.63) is 23.3 Å². The molecule has 112 valence electrons. The van der Waals surface area contributed by atoms with Gasteiger partial charge in [0.15, 0.2) is 0 Å². The Morgan fingerprint density at radius 2 is 1.85 bits per heavy atom. The summed E-state index contributed by atoms with van der Waals surface area (Å²) in [6, 6.07) is 3.06. The van der Waals surface area contributed by atoms with Crippen LogP contribution in [0.4, 0.5) is 0 Å². The summed E-state index contributed by atoms with van der Waals surface area (Å²) in [5.74, 6) is -0.288. The van der Waals surface area contributed by atoms with E-state index in [0.29, 0.717) is 13.1 Å². The first kappa shape index (κ1) is 16.5. The van der Waals surface area contributed by atoms with Crippen molar-refractivity contribution in [3.8, 4) is 5.75 Å². The highest BCUT2D eigenvalue weighted by Crippen LogP contribution is 2.29. The predicted octanol–water partition coefficient (Wildman–Crippen LogP) is 1.13. The molecule has 0 atom stereocenters. The third-order valence-corrected chi connectivity index (χ3v) is 3.97. The molecule has 0 saturated carbocycles. The predicted molar refractivity (Wildman–Crippen MR) is 76.4 cm³/mol. The molecule has 0 spiro atoms. The highest BCUT2D eigenvalue weighted by molar-refractivity contribution is 7.89. The van der Waals surface area contributed by atoms with Gasteiger partial charge in [0.05, 0.1) is 12.7 Å². The van der Waals surface area contributed by atoms with E-state index in [1.54, 1.807) is 13.0 Å². The van der Waals surface area contributed by atoms with Gasteiger partial charge in [0.25, 0.3) is 5.91 Å². The topological polar surface area (TPSA) is 89.7 Å². The summed E-state index contributed by atoms with van der Waals surface area (Å²) in [4.78, 5) is 13.7. The fourth-order valence-electron chi connectivity index (χ4n) is 2.03. The fraction of sp³-hybridized carbons (Fsp3) is 0.462. The Bertz CT molecular complexity index is 607. The standard InChI is InChI=1S/C13H20N2O4S/c1-5-15(6-2)13(16)10-7-9(3)8-11(19-4)12(10)20(14,17)18/h7-8H,5-6H2,1-4H3,(H2,14,17,18). The maximum atomic E-state index is 12.4. The second-order valence-electron chi connectivity index (χ2n) is 4.37. The molecule has 0 radical (unpaired) electrons. The van der Waals surface area contributed by atoms with Crippen LogP contribution < -0.4 is 9.88 Å². The molecule has 0 aromatic heterocycles. The van der Waals surface area contributed by atoms with Crippen molar-refractivity contribution < 1.29 is 17.9 Å². The lowest BCUT2D eigenvalue weighted by Gasteiger charge is -2.21. The number of primary sulfonamides is 1. The maximum absolute atomic E-state index is 12.4. The summed E-state index contributed by atoms with van der Waals surface area (Å²) in [6.45, 7) is 6.37. The fourth-order valence-corrected chi connectivity index (χ4v) is 2.90. The normalized spacial score (nSPS) is 11.2. The Balaban J connectivity index is 3.60. The van der Waals surface area contributed by atoms with Gasteiger partial charge in [-0.15, -0.1) is 0 Å². The van der Waals surface area contributed by atoms with Gasteiger partial charge in [-0.25, -0.2) is 13.6 Å². The van der Waals surface area contributed by atoms with Crippen LogP contribution in [-0.4, -0.2) is 39.4 Å². The molecule has 6 nitrogen and oxygen atoms in total. The van der Waals surface area contributed by atoms with E-state index in [2.05, 4.69) is 0 Å². The molecule has 0 unspecified atom stereocenters. The molecule has 0 aliphatic rings. The molecule has 0 bridgehead atoms. The van der Waals surface area contributed by atoms with Crippen LogP contribution in [0.5, 0.6) is 5.75 Å². The van der Waals surface area contributed by atoms with Crippen LogP contribution in [0.3, 0.4) is 0 Å². The van der Waals surface area contributed by atoms with E-state index in [0.717, 1.165) is 5.56 Å². The molecule has 0 aliphatic carbocycles. The SMILES string of the molecule is CCN(CC)C(=O)c1cc(C)cc(OC)c1S(N)(=O)=O. The zero-order chi connectivity index (χ0) is 15.5. The molecule has 0 heterocycles. The van der Waals surface area contributed by atoms with Crippen molar-refractivity contribution >= 4 is 15.9 Å². The van der Waals surface area contributed by atoms with E-state index in [9.17, 15) is 13.2 Å². The summed E-state index contributed by atoms with van der Waals surface area (Å²) in [5.41, 5.74) is 0.776. The maximum Gasteiger partial charge on any atom is 0.255 e. The Morgan fingerprint density at radius 1 is 1.30 bits per heavy atom. The summed E-state index contributed by atoms with van der Waals surface area (Å²) in [7, 11) is -2.72. The number of nitrogens with zero attached hydrogens (tertiary/aromatic N) is 1. The van der Waals surface area contributed by atoms with E-state index in [1.165, 1.54) is 18.1 Å². The molecule has 0 fully saturated rings. The number of carbonyl (C=O) groups excluding carboxylic acids is 1. The van der Waals surface area contributed by atoms with Gasteiger partial charge < -0.3 is 9.64 Å². The first-order valence-electron chi connectivity index (χ1n) is 6.26. The Labute approximate surface area is 119 Å². The van der Waals surface area contributed by atoms with Crippen LogP contribution in [0.2, 0.25) is 0 Å². The van der Waals surface area contributed by atoms with Crippen molar-refractivity contribution in [2.45, 2.75) is 25.7 Å². The van der Waals surface area contributed by atoms with Gasteiger partial charge in [-0.2, -0.15) is 0 Å². The zero-order valence-electron chi connectivity index (χ0n) is 12.1. The second-order valence-corrected chi connectivity index (χ2v) is 5.86. The molecule has 1 aromatic rings. The van der Waals surface area contributed by atoms with E-state index in [1.807, 2.05) is 13.8 Å². The first-order chi connectivity index (χ1) is 9.26. The number of amides is 1. The highest BCUT2D eigenvalue weighted by Gasteiger charge is 2.26. The van der Waals surface area contributed by atoms with E-state index < -0.39 is 10.0 Å². The van der Waals surface area contributed by atoms with Gasteiger partial charge in [-0.3, -0.25) is 4.79 Å². The number of benzene rings is 1. The van der Waals surface area contributed by atoms with Gasteiger partial charge in [-0.1, -0.05) is 0 Å². The Kier molecular flexibility index (Phi) is 5.13. The van der Waals surface area contributed by atoms with Gasteiger partial charge >= 0.3 is 0 Å². The number of carbonyl (C=O) groups is 1. The second kappa shape index (κ2) is 6.23. The van der Waals surface area contributed by atoms with Crippen LogP contribution in [0, 0.1) is 6.92 Å². The molecule has 1 aromatic carbocycles. The number of ether oxygens (including phenoxy) is 1. The monoisotopic (exact) mass is 300 g/mol. The highest BCUT2D eigenvalue weighted by atomic mass is 32.2. The van der Waals surface area contributed by atoms with Gasteiger partial charge in [0.2, 0.25) is 10.0 Å². The number of aryl methyl sites for hydroxylation is 1. The lowest BCUT2D eigenvalue weighted by atomic mass is 10.1. The molecule has 2 N–H and O–H groups in total. The lowest BCUT2D eigenvalue weighted by Crippen LogP contribution is -2.32. The number of nitrogens with two attached hydrogens (primary N) is 1. The number of hydrogen-bond acceptors (Lipinski definition) is 4. The van der Waals surface area contributed by atoms with Crippen molar-refractivity contribution in [1.29, 1.82) is 0 Å². The van der Waals surface area contributed by atoms with Crippen LogP contribution in [-0.2, 0) is 10.0 Å². The molecule has 7 heteroatoms. The lowest BCUT2D eigenvalue weighted by molar-refractivity contribution is 0.0768. The summed E-state index contributed by atoms with van der Waals surface area (Å²) < 4.78 is 28.6. The average Bonchev–Trinajstić information content (AvgIpc) is 2.37.